The van der Waals surface area contributed by atoms with Gasteiger partial charge in [0.25, 0.3) is 0 Å². The van der Waals surface area contributed by atoms with Crippen LogP contribution < -0.4 is 0 Å². The van der Waals surface area contributed by atoms with Gasteiger partial charge in [0.15, 0.2) is 0 Å². The second-order valence-corrected chi connectivity index (χ2v) is 12.5. The summed E-state index contributed by atoms with van der Waals surface area (Å²) in [6, 6.07) is 27.1. The van der Waals surface area contributed by atoms with E-state index in [0.29, 0.717) is 11.8 Å². The number of para-hydroxylation sites is 2. The number of rotatable bonds is 2. The Morgan fingerprint density at radius 1 is 0.553 bits per heavy atom. The fourth-order valence-electron chi connectivity index (χ4n) is 7.18. The number of aromatic nitrogens is 2. The zero-order chi connectivity index (χ0) is 26.4. The van der Waals surface area contributed by atoms with Crippen molar-refractivity contribution in [3.8, 4) is 11.4 Å². The van der Waals surface area contributed by atoms with Crippen molar-refractivity contribution in [2.75, 3.05) is 0 Å². The first-order valence-corrected chi connectivity index (χ1v) is 14.0. The van der Waals surface area contributed by atoms with Crippen LogP contribution in [0.1, 0.15) is 75.9 Å². The first-order chi connectivity index (χ1) is 18.2. The zero-order valence-corrected chi connectivity index (χ0v) is 23.3. The van der Waals surface area contributed by atoms with Gasteiger partial charge in [0.2, 0.25) is 0 Å². The van der Waals surface area contributed by atoms with Gasteiger partial charge >= 0.3 is 0 Å². The summed E-state index contributed by atoms with van der Waals surface area (Å²) in [5, 5.41) is 2.72. The van der Waals surface area contributed by atoms with Gasteiger partial charge in [0.05, 0.1) is 11.0 Å². The minimum atomic E-state index is -0.00659. The average molecular weight is 497 g/mol. The molecular formula is C36H36N2. The molecule has 0 aliphatic heterocycles. The van der Waals surface area contributed by atoms with Gasteiger partial charge in [0, 0.05) is 56.2 Å². The Balaban J connectivity index is 1.53. The molecule has 0 saturated heterocycles. The van der Waals surface area contributed by atoms with E-state index < -0.39 is 0 Å². The van der Waals surface area contributed by atoms with Crippen molar-refractivity contribution in [3.05, 3.63) is 120 Å². The third-order valence-corrected chi connectivity index (χ3v) is 8.92. The van der Waals surface area contributed by atoms with Crippen LogP contribution in [0.25, 0.3) is 33.2 Å². The van der Waals surface area contributed by atoms with E-state index in [4.69, 9.17) is 0 Å². The van der Waals surface area contributed by atoms with Crippen LogP contribution >= 0.6 is 0 Å². The second kappa shape index (κ2) is 7.86. The molecule has 2 atom stereocenters. The van der Waals surface area contributed by atoms with Crippen LogP contribution in [-0.4, -0.2) is 9.13 Å². The van der Waals surface area contributed by atoms with Crippen LogP contribution in [0.2, 0.25) is 0 Å². The molecule has 2 aliphatic rings. The largest absolute Gasteiger partial charge is 0.313 e. The lowest BCUT2D eigenvalue weighted by Gasteiger charge is -2.30. The Morgan fingerprint density at radius 3 is 1.42 bits per heavy atom. The Hall–Kier alpha value is -3.78. The van der Waals surface area contributed by atoms with Crippen molar-refractivity contribution >= 4 is 21.8 Å². The van der Waals surface area contributed by atoms with Gasteiger partial charge in [-0.05, 0) is 41.5 Å². The van der Waals surface area contributed by atoms with Gasteiger partial charge in [-0.15, -0.1) is 0 Å². The van der Waals surface area contributed by atoms with Crippen molar-refractivity contribution in [3.63, 3.8) is 0 Å². The molecule has 0 radical (unpaired) electrons. The summed E-state index contributed by atoms with van der Waals surface area (Å²) in [4.78, 5) is 0. The highest BCUT2D eigenvalue weighted by atomic mass is 15.0. The average Bonchev–Trinajstić information content (AvgIpc) is 3.45. The maximum Gasteiger partial charge on any atom is 0.0534 e. The van der Waals surface area contributed by atoms with Crippen LogP contribution in [0.15, 0.2) is 97.1 Å². The molecule has 0 N–H and O–H groups in total. The van der Waals surface area contributed by atoms with Gasteiger partial charge in [-0.25, -0.2) is 0 Å². The minimum Gasteiger partial charge on any atom is -0.313 e. The summed E-state index contributed by atoms with van der Waals surface area (Å²) in [6.07, 6.45) is 9.55. The number of fused-ring (bicyclic) bond motifs is 6. The fourth-order valence-corrected chi connectivity index (χ4v) is 7.18. The summed E-state index contributed by atoms with van der Waals surface area (Å²) in [6.45, 7) is 14.0. The second-order valence-electron chi connectivity index (χ2n) is 12.5. The predicted octanol–water partition coefficient (Wildman–Crippen LogP) is 9.48. The molecule has 0 saturated carbocycles. The number of hydrogen-bond donors (Lipinski definition) is 0. The smallest absolute Gasteiger partial charge is 0.0534 e. The van der Waals surface area contributed by atoms with Gasteiger partial charge in [-0.1, -0.05) is 108 Å². The normalized spacial score (nSPS) is 21.1. The summed E-state index contributed by atoms with van der Waals surface area (Å²) in [7, 11) is 0. The lowest BCUT2D eigenvalue weighted by molar-refractivity contribution is 0.626. The van der Waals surface area contributed by atoms with E-state index in [1.807, 2.05) is 0 Å². The van der Waals surface area contributed by atoms with E-state index in [1.165, 1.54) is 55.7 Å². The van der Waals surface area contributed by atoms with E-state index >= 15 is 0 Å². The summed E-state index contributed by atoms with van der Waals surface area (Å²) < 4.78 is 5.05. The Kier molecular flexibility index (Phi) is 4.83. The molecule has 0 bridgehead atoms. The van der Waals surface area contributed by atoms with Crippen molar-refractivity contribution in [1.82, 2.24) is 9.13 Å². The molecule has 2 heteroatoms. The standard InChI is InChI=1S/C36H36N2/c1-23-18-20-35(3,4)31-27-14-7-9-16-29(27)37(33(23)31)25-12-11-13-26(22-25)38-30-17-10-8-15-28(30)32-34(38)24(2)19-21-36(32,5)6/h7-24H,1-6H3. The molecule has 0 amide bonds. The number of benzene rings is 3. The molecule has 7 rings (SSSR count). The van der Waals surface area contributed by atoms with Crippen molar-refractivity contribution in [1.29, 1.82) is 0 Å². The van der Waals surface area contributed by atoms with Crippen LogP contribution in [0.3, 0.4) is 0 Å². The highest BCUT2D eigenvalue weighted by Gasteiger charge is 2.35. The molecule has 2 aromatic heterocycles. The lowest BCUT2D eigenvalue weighted by Crippen LogP contribution is -2.22. The molecule has 2 nitrogen and oxygen atoms in total. The van der Waals surface area contributed by atoms with Gasteiger partial charge in [-0.2, -0.15) is 0 Å². The van der Waals surface area contributed by atoms with Crippen molar-refractivity contribution in [2.24, 2.45) is 0 Å². The molecule has 0 fully saturated rings. The molecule has 3 aromatic carbocycles. The molecule has 2 aliphatic carbocycles. The first-order valence-electron chi connectivity index (χ1n) is 14.0. The first kappa shape index (κ1) is 23.3. The zero-order valence-electron chi connectivity index (χ0n) is 23.3. The van der Waals surface area contributed by atoms with E-state index in [2.05, 4.69) is 148 Å². The van der Waals surface area contributed by atoms with Gasteiger partial charge in [-0.3, -0.25) is 0 Å². The highest BCUT2D eigenvalue weighted by Crippen LogP contribution is 2.47. The molecule has 2 heterocycles. The predicted molar refractivity (Wildman–Crippen MR) is 161 cm³/mol. The summed E-state index contributed by atoms with van der Waals surface area (Å²) >= 11 is 0. The molecular weight excluding hydrogens is 460 g/mol. The SMILES string of the molecule is CC1C=CC(C)(C)c2c1n(-c1cccc(-n3c4c(c5ccccc53)C(C)(C)C=CC4C)c1)c1ccccc21. The van der Waals surface area contributed by atoms with Crippen molar-refractivity contribution in [2.45, 2.75) is 64.2 Å². The van der Waals surface area contributed by atoms with Crippen molar-refractivity contribution < 1.29 is 0 Å². The maximum absolute atomic E-state index is 2.52. The number of hydrogen-bond acceptors (Lipinski definition) is 0. The number of allylic oxidation sites excluding steroid dienone is 4. The third kappa shape index (κ3) is 3.13. The van der Waals surface area contributed by atoms with E-state index in [9.17, 15) is 0 Å². The topological polar surface area (TPSA) is 9.86 Å². The fraction of sp³-hybridized carbons (Fsp3) is 0.278. The van der Waals surface area contributed by atoms with Crippen LogP contribution in [0.5, 0.6) is 0 Å². The Labute approximate surface area is 225 Å². The van der Waals surface area contributed by atoms with E-state index in [-0.39, 0.29) is 10.8 Å². The molecule has 5 aromatic rings. The molecule has 2 unspecified atom stereocenters. The van der Waals surface area contributed by atoms with Gasteiger partial charge in [0.1, 0.15) is 0 Å². The van der Waals surface area contributed by atoms with Crippen LogP contribution in [0.4, 0.5) is 0 Å². The number of nitrogens with zero attached hydrogens (tertiary/aromatic N) is 2. The molecule has 0 spiro atoms. The monoisotopic (exact) mass is 496 g/mol. The quantitative estimate of drug-likeness (QED) is 0.215. The molecule has 190 valence electrons. The summed E-state index contributed by atoms with van der Waals surface area (Å²) in [5.41, 5.74) is 10.7. The minimum absolute atomic E-state index is 0.00659. The van der Waals surface area contributed by atoms with Gasteiger partial charge < -0.3 is 9.13 Å². The van der Waals surface area contributed by atoms with Crippen LogP contribution in [0, 0.1) is 0 Å². The molecule has 38 heavy (non-hydrogen) atoms. The highest BCUT2D eigenvalue weighted by molar-refractivity contribution is 5.91. The van der Waals surface area contributed by atoms with E-state index in [0.717, 1.165) is 0 Å². The lowest BCUT2D eigenvalue weighted by atomic mass is 9.76. The Morgan fingerprint density at radius 2 is 0.974 bits per heavy atom. The third-order valence-electron chi connectivity index (χ3n) is 8.92. The van der Waals surface area contributed by atoms with Crippen LogP contribution in [-0.2, 0) is 10.8 Å². The Bertz CT molecular complexity index is 1670. The maximum atomic E-state index is 2.52. The van der Waals surface area contributed by atoms with E-state index in [1.54, 1.807) is 0 Å². The summed E-state index contributed by atoms with van der Waals surface area (Å²) in [5.74, 6) is 0.695.